The van der Waals surface area contributed by atoms with Crippen molar-refractivity contribution >= 4 is 28.8 Å². The number of nitrogens with zero attached hydrogens (tertiary/aromatic N) is 4. The van der Waals surface area contributed by atoms with Crippen molar-refractivity contribution in [3.63, 3.8) is 0 Å². The third-order valence-corrected chi connectivity index (χ3v) is 7.61. The van der Waals surface area contributed by atoms with Gasteiger partial charge < -0.3 is 19.4 Å². The number of aryl methyl sites for hydroxylation is 1. The van der Waals surface area contributed by atoms with Crippen LogP contribution in [0.2, 0.25) is 0 Å². The van der Waals surface area contributed by atoms with Gasteiger partial charge in [0, 0.05) is 70.0 Å². The average molecular weight is 485 g/mol. The summed E-state index contributed by atoms with van der Waals surface area (Å²) >= 11 is 1.58. The maximum absolute atomic E-state index is 13.4. The Morgan fingerprint density at radius 1 is 1.09 bits per heavy atom. The molecule has 184 valence electrons. The Labute approximate surface area is 206 Å². The van der Waals surface area contributed by atoms with Gasteiger partial charge in [-0.3, -0.25) is 9.59 Å². The van der Waals surface area contributed by atoms with Gasteiger partial charge >= 0.3 is 0 Å². The summed E-state index contributed by atoms with van der Waals surface area (Å²) in [5, 5.41) is 2.95. The zero-order chi connectivity index (χ0) is 23.9. The van der Waals surface area contributed by atoms with Crippen molar-refractivity contribution in [3.05, 3.63) is 45.9 Å². The molecule has 8 heteroatoms. The van der Waals surface area contributed by atoms with E-state index in [4.69, 9.17) is 4.74 Å². The normalized spacial score (nSPS) is 19.2. The van der Waals surface area contributed by atoms with Gasteiger partial charge in [0.25, 0.3) is 0 Å². The maximum atomic E-state index is 13.4. The fourth-order valence-corrected chi connectivity index (χ4v) is 5.65. The van der Waals surface area contributed by atoms with Crippen molar-refractivity contribution in [1.29, 1.82) is 0 Å². The molecule has 34 heavy (non-hydrogen) atoms. The molecule has 0 bridgehead atoms. The van der Waals surface area contributed by atoms with Crippen molar-refractivity contribution in [2.24, 2.45) is 0 Å². The van der Waals surface area contributed by atoms with Crippen LogP contribution in [0.4, 0.5) is 5.69 Å². The summed E-state index contributed by atoms with van der Waals surface area (Å²) < 4.78 is 5.58. The molecule has 1 saturated heterocycles. The van der Waals surface area contributed by atoms with Crippen molar-refractivity contribution in [3.8, 4) is 0 Å². The number of amides is 2. The Hall–Kier alpha value is -2.29. The third kappa shape index (κ3) is 6.43. The second-order valence-electron chi connectivity index (χ2n) is 9.24. The molecule has 0 radical (unpaired) electrons. The number of aromatic nitrogens is 1. The lowest BCUT2D eigenvalue weighted by Gasteiger charge is -2.36. The summed E-state index contributed by atoms with van der Waals surface area (Å²) in [6.07, 6.45) is 4.26. The summed E-state index contributed by atoms with van der Waals surface area (Å²) in [5.41, 5.74) is 2.76. The molecule has 2 aliphatic rings. The van der Waals surface area contributed by atoms with E-state index in [1.54, 1.807) is 18.3 Å². The topological polar surface area (TPSA) is 66.0 Å². The van der Waals surface area contributed by atoms with E-state index in [0.717, 1.165) is 73.9 Å². The first-order valence-corrected chi connectivity index (χ1v) is 13.3. The standard InChI is InChI=1S/C26H36N4O3S/c1-20-27-23(19-34-20)17-26(32)29-13-5-11-28(24-9-15-33-16-10-24)12-6-14-30(21(2)31)25-8-4-3-7-22(25)18-29/h3-4,7-8,19,24H,5-6,9-18H2,1-2H3. The molecule has 3 heterocycles. The van der Waals surface area contributed by atoms with Crippen LogP contribution in [0.1, 0.15) is 48.9 Å². The molecule has 0 aliphatic carbocycles. The zero-order valence-corrected chi connectivity index (χ0v) is 21.2. The average Bonchev–Trinajstić information content (AvgIpc) is 3.24. The van der Waals surface area contributed by atoms with Gasteiger partial charge in [-0.1, -0.05) is 18.2 Å². The van der Waals surface area contributed by atoms with Crippen LogP contribution in [0.25, 0.3) is 0 Å². The van der Waals surface area contributed by atoms with E-state index in [0.29, 0.717) is 32.1 Å². The van der Waals surface area contributed by atoms with Crippen molar-refractivity contribution in [2.45, 2.75) is 58.5 Å². The van der Waals surface area contributed by atoms with Crippen molar-refractivity contribution in [2.75, 3.05) is 44.3 Å². The van der Waals surface area contributed by atoms with E-state index in [1.165, 1.54) is 0 Å². The van der Waals surface area contributed by atoms with Gasteiger partial charge in [-0.05, 0) is 44.2 Å². The summed E-state index contributed by atoms with van der Waals surface area (Å²) in [5.74, 6) is 0.127. The van der Waals surface area contributed by atoms with E-state index in [9.17, 15) is 9.59 Å². The number of carbonyl (C=O) groups excluding carboxylic acids is 2. The van der Waals surface area contributed by atoms with Crippen LogP contribution >= 0.6 is 11.3 Å². The Balaban J connectivity index is 1.58. The van der Waals surface area contributed by atoms with Crippen LogP contribution < -0.4 is 4.90 Å². The first-order valence-electron chi connectivity index (χ1n) is 12.4. The van der Waals surface area contributed by atoms with Gasteiger partial charge in [0.05, 0.1) is 17.1 Å². The Morgan fingerprint density at radius 2 is 1.82 bits per heavy atom. The van der Waals surface area contributed by atoms with Gasteiger partial charge in [-0.25, -0.2) is 4.98 Å². The van der Waals surface area contributed by atoms with Crippen LogP contribution in [0, 0.1) is 6.92 Å². The summed E-state index contributed by atoms with van der Waals surface area (Å²) in [6, 6.07) is 8.52. The Bertz CT molecular complexity index is 972. The lowest BCUT2D eigenvalue weighted by molar-refractivity contribution is -0.131. The molecule has 0 N–H and O–H groups in total. The lowest BCUT2D eigenvalue weighted by atomic mass is 10.1. The smallest absolute Gasteiger partial charge is 0.228 e. The minimum absolute atomic E-state index is 0.0398. The molecule has 7 nitrogen and oxygen atoms in total. The van der Waals surface area contributed by atoms with Crippen LogP contribution in [-0.2, 0) is 27.3 Å². The zero-order valence-electron chi connectivity index (χ0n) is 20.4. The van der Waals surface area contributed by atoms with Crippen LogP contribution in [0.5, 0.6) is 0 Å². The molecule has 1 aromatic carbocycles. The molecule has 2 amide bonds. The molecule has 0 atom stereocenters. The second-order valence-corrected chi connectivity index (χ2v) is 10.3. The SMILES string of the molecule is CC(=O)N1CCCN(C2CCOCC2)CCCN(C(=O)Cc2csc(C)n2)Cc2ccccc21. The van der Waals surface area contributed by atoms with Gasteiger partial charge in [0.2, 0.25) is 11.8 Å². The predicted octanol–water partition coefficient (Wildman–Crippen LogP) is 3.65. The fourth-order valence-electron chi connectivity index (χ4n) is 5.03. The fraction of sp³-hybridized carbons (Fsp3) is 0.577. The van der Waals surface area contributed by atoms with Gasteiger partial charge in [-0.15, -0.1) is 11.3 Å². The molecule has 4 rings (SSSR count). The summed E-state index contributed by atoms with van der Waals surface area (Å²) in [6.45, 7) is 8.98. The third-order valence-electron chi connectivity index (χ3n) is 6.78. The summed E-state index contributed by atoms with van der Waals surface area (Å²) in [7, 11) is 0. The number of anilines is 1. The first kappa shape index (κ1) is 24.8. The molecule has 0 unspecified atom stereocenters. The van der Waals surface area contributed by atoms with Crippen molar-refractivity contribution < 1.29 is 14.3 Å². The van der Waals surface area contributed by atoms with Crippen LogP contribution in [-0.4, -0.2) is 72.0 Å². The highest BCUT2D eigenvalue weighted by Crippen LogP contribution is 2.25. The number of hydrogen-bond acceptors (Lipinski definition) is 6. The first-order chi connectivity index (χ1) is 16.5. The molecular formula is C26H36N4O3S. The number of para-hydroxylation sites is 1. The monoisotopic (exact) mass is 484 g/mol. The largest absolute Gasteiger partial charge is 0.381 e. The van der Waals surface area contributed by atoms with Crippen LogP contribution in [0.15, 0.2) is 29.6 Å². The van der Waals surface area contributed by atoms with E-state index < -0.39 is 0 Å². The minimum Gasteiger partial charge on any atom is -0.381 e. The molecule has 1 aromatic heterocycles. The lowest BCUT2D eigenvalue weighted by Crippen LogP contribution is -2.44. The molecule has 2 aliphatic heterocycles. The van der Waals surface area contributed by atoms with Crippen molar-refractivity contribution in [1.82, 2.24) is 14.8 Å². The minimum atomic E-state index is 0.0398. The number of ether oxygens (including phenoxy) is 1. The van der Waals surface area contributed by atoms with Gasteiger partial charge in [0.1, 0.15) is 0 Å². The highest BCUT2D eigenvalue weighted by molar-refractivity contribution is 7.09. The molecule has 2 aromatic rings. The number of rotatable bonds is 3. The quantitative estimate of drug-likeness (QED) is 0.665. The van der Waals surface area contributed by atoms with Gasteiger partial charge in [0.15, 0.2) is 0 Å². The number of fused-ring (bicyclic) bond motifs is 1. The highest BCUT2D eigenvalue weighted by Gasteiger charge is 2.25. The van der Waals surface area contributed by atoms with E-state index >= 15 is 0 Å². The Kier molecular flexibility index (Phi) is 8.69. The molecule has 1 fully saturated rings. The maximum Gasteiger partial charge on any atom is 0.228 e. The number of benzene rings is 1. The van der Waals surface area contributed by atoms with Crippen LogP contribution in [0.3, 0.4) is 0 Å². The number of hydrogen-bond donors (Lipinski definition) is 0. The van der Waals surface area contributed by atoms with E-state index in [-0.39, 0.29) is 11.8 Å². The van der Waals surface area contributed by atoms with E-state index in [2.05, 4.69) is 9.88 Å². The molecule has 0 saturated carbocycles. The van der Waals surface area contributed by atoms with Gasteiger partial charge in [-0.2, -0.15) is 0 Å². The predicted molar refractivity (Wildman–Crippen MR) is 135 cm³/mol. The summed E-state index contributed by atoms with van der Waals surface area (Å²) in [4.78, 5) is 36.9. The number of thiazole rings is 1. The van der Waals surface area contributed by atoms with E-state index in [1.807, 2.05) is 46.4 Å². The second kappa shape index (κ2) is 11.9. The molecular weight excluding hydrogens is 448 g/mol. The highest BCUT2D eigenvalue weighted by atomic mass is 32.1. The Morgan fingerprint density at radius 3 is 2.53 bits per heavy atom. The number of carbonyl (C=O) groups is 2. The molecule has 0 spiro atoms.